The summed E-state index contributed by atoms with van der Waals surface area (Å²) in [5.74, 6) is 1.08. The zero-order chi connectivity index (χ0) is 16.4. The lowest BCUT2D eigenvalue weighted by Gasteiger charge is -2.24. The van der Waals surface area contributed by atoms with E-state index in [9.17, 15) is 0 Å². The van der Waals surface area contributed by atoms with Crippen LogP contribution in [0, 0.1) is 5.41 Å². The van der Waals surface area contributed by atoms with Crippen molar-refractivity contribution in [3.05, 3.63) is 48.4 Å². The Morgan fingerprint density at radius 2 is 1.96 bits per heavy atom. The molecule has 0 atom stereocenters. The summed E-state index contributed by atoms with van der Waals surface area (Å²) in [6.45, 7) is 6.26. The van der Waals surface area contributed by atoms with Crippen LogP contribution in [0.25, 0.3) is 0 Å². The number of ether oxygens (including phenoxy) is 2. The predicted octanol–water partition coefficient (Wildman–Crippen LogP) is 4.50. The summed E-state index contributed by atoms with van der Waals surface area (Å²) < 4.78 is 11.1. The summed E-state index contributed by atoms with van der Waals surface area (Å²) in [4.78, 5) is 7.14. The summed E-state index contributed by atoms with van der Waals surface area (Å²) in [5, 5.41) is 1.13. The molecule has 2 aromatic rings. The number of hydrogen-bond acceptors (Lipinski definition) is 4. The molecule has 4 nitrogen and oxygen atoms in total. The predicted molar refractivity (Wildman–Crippen MR) is 94.4 cm³/mol. The lowest BCUT2D eigenvalue weighted by atomic mass is 9.87. The average molecular weight is 334 g/mol. The first-order valence-corrected chi connectivity index (χ1v) is 8.95. The van der Waals surface area contributed by atoms with Gasteiger partial charge < -0.3 is 14.5 Å². The van der Waals surface area contributed by atoms with Gasteiger partial charge in [-0.1, -0.05) is 44.2 Å². The van der Waals surface area contributed by atoms with Crippen molar-refractivity contribution in [1.82, 2.24) is 9.97 Å². The number of thioether (sulfide) groups is 1. The van der Waals surface area contributed by atoms with Gasteiger partial charge in [0.05, 0.1) is 24.2 Å². The highest BCUT2D eigenvalue weighted by Crippen LogP contribution is 2.28. The molecule has 0 spiro atoms. The molecule has 0 aliphatic rings. The van der Waals surface area contributed by atoms with Gasteiger partial charge in [-0.25, -0.2) is 4.98 Å². The number of nitrogens with one attached hydrogen (secondary N) is 1. The Labute approximate surface area is 143 Å². The van der Waals surface area contributed by atoms with Gasteiger partial charge in [-0.3, -0.25) is 0 Å². The average Bonchev–Trinajstić information content (AvgIpc) is 3.05. The van der Waals surface area contributed by atoms with Gasteiger partial charge in [0, 0.05) is 6.61 Å². The molecular formula is C18H26N2O2S. The molecule has 1 N–H and O–H groups in total. The van der Waals surface area contributed by atoms with Crippen molar-refractivity contribution < 1.29 is 9.47 Å². The molecule has 0 amide bonds. The van der Waals surface area contributed by atoms with E-state index in [2.05, 4.69) is 35.9 Å². The number of aromatic amines is 1. The minimum Gasteiger partial charge on any atom is -0.355 e. The third-order valence-corrected chi connectivity index (χ3v) is 4.65. The number of hydrogen-bond donors (Lipinski definition) is 1. The molecule has 0 bridgehead atoms. The van der Waals surface area contributed by atoms with Gasteiger partial charge in [0.15, 0.2) is 0 Å². The van der Waals surface area contributed by atoms with E-state index >= 15 is 0 Å². The Morgan fingerprint density at radius 3 is 2.70 bits per heavy atom. The standard InChI is InChI=1S/C18H26N2O2S/c1-18(2,9-11-23-17-12-19-14-20-17)8-10-21-15-22-13-16-6-4-3-5-7-16/h3-7,12,14H,8-11,13,15H2,1-2H3,(H,19,20). The zero-order valence-electron chi connectivity index (χ0n) is 14.0. The minimum absolute atomic E-state index is 0.270. The Balaban J connectivity index is 1.50. The van der Waals surface area contributed by atoms with Gasteiger partial charge in [-0.15, -0.1) is 11.8 Å². The number of H-pyrrole nitrogens is 1. The van der Waals surface area contributed by atoms with Gasteiger partial charge in [0.2, 0.25) is 0 Å². The van der Waals surface area contributed by atoms with E-state index in [1.807, 2.05) is 36.2 Å². The molecule has 1 aromatic heterocycles. The topological polar surface area (TPSA) is 47.1 Å². The van der Waals surface area contributed by atoms with Crippen molar-refractivity contribution in [3.8, 4) is 0 Å². The monoisotopic (exact) mass is 334 g/mol. The van der Waals surface area contributed by atoms with Crippen LogP contribution in [0.4, 0.5) is 0 Å². The molecule has 1 aromatic carbocycles. The number of nitrogens with zero attached hydrogens (tertiary/aromatic N) is 1. The Morgan fingerprint density at radius 1 is 1.13 bits per heavy atom. The lowest BCUT2D eigenvalue weighted by molar-refractivity contribution is -0.0674. The summed E-state index contributed by atoms with van der Waals surface area (Å²) in [5.41, 5.74) is 1.44. The summed E-state index contributed by atoms with van der Waals surface area (Å²) >= 11 is 1.82. The first-order chi connectivity index (χ1) is 11.2. The fraction of sp³-hybridized carbons (Fsp3) is 0.500. The Bertz CT molecular complexity index is 529. The van der Waals surface area contributed by atoms with E-state index in [0.717, 1.165) is 30.2 Å². The third-order valence-electron chi connectivity index (χ3n) is 3.71. The van der Waals surface area contributed by atoms with Crippen LogP contribution in [-0.2, 0) is 16.1 Å². The van der Waals surface area contributed by atoms with Gasteiger partial charge in [-0.2, -0.15) is 0 Å². The summed E-state index contributed by atoms with van der Waals surface area (Å²) in [7, 11) is 0. The molecule has 0 aliphatic carbocycles. The van der Waals surface area contributed by atoms with Crippen LogP contribution in [-0.4, -0.2) is 29.1 Å². The molecule has 0 radical (unpaired) electrons. The smallest absolute Gasteiger partial charge is 0.147 e. The molecular weight excluding hydrogens is 308 g/mol. The number of benzene rings is 1. The highest BCUT2D eigenvalue weighted by molar-refractivity contribution is 7.99. The van der Waals surface area contributed by atoms with E-state index in [-0.39, 0.29) is 5.41 Å². The van der Waals surface area contributed by atoms with Crippen molar-refractivity contribution in [2.45, 2.75) is 38.3 Å². The second-order valence-electron chi connectivity index (χ2n) is 6.29. The first kappa shape index (κ1) is 18.0. The SMILES string of the molecule is CC(C)(CCOCOCc1ccccc1)CCSc1cnc[nH]1. The second-order valence-corrected chi connectivity index (χ2v) is 7.43. The van der Waals surface area contributed by atoms with Gasteiger partial charge in [0.25, 0.3) is 0 Å². The van der Waals surface area contributed by atoms with Crippen LogP contribution in [0.3, 0.4) is 0 Å². The minimum atomic E-state index is 0.270. The van der Waals surface area contributed by atoms with Crippen molar-refractivity contribution in [2.24, 2.45) is 5.41 Å². The second kappa shape index (κ2) is 9.75. The van der Waals surface area contributed by atoms with Crippen LogP contribution in [0.1, 0.15) is 32.3 Å². The van der Waals surface area contributed by atoms with E-state index < -0.39 is 0 Å². The van der Waals surface area contributed by atoms with Crippen molar-refractivity contribution in [3.63, 3.8) is 0 Å². The molecule has 2 rings (SSSR count). The highest BCUT2D eigenvalue weighted by atomic mass is 32.2. The van der Waals surface area contributed by atoms with Crippen LogP contribution >= 0.6 is 11.8 Å². The van der Waals surface area contributed by atoms with Crippen molar-refractivity contribution in [1.29, 1.82) is 0 Å². The van der Waals surface area contributed by atoms with E-state index in [0.29, 0.717) is 13.4 Å². The van der Waals surface area contributed by atoms with Crippen LogP contribution in [0.15, 0.2) is 47.9 Å². The zero-order valence-corrected chi connectivity index (χ0v) is 14.8. The number of aromatic nitrogens is 2. The maximum Gasteiger partial charge on any atom is 0.147 e. The van der Waals surface area contributed by atoms with E-state index in [1.54, 1.807) is 6.33 Å². The molecule has 0 saturated heterocycles. The van der Waals surface area contributed by atoms with Crippen LogP contribution < -0.4 is 0 Å². The Kier molecular flexibility index (Phi) is 7.65. The molecule has 0 unspecified atom stereocenters. The van der Waals surface area contributed by atoms with Gasteiger partial charge in [0.1, 0.15) is 6.79 Å². The maximum absolute atomic E-state index is 5.60. The molecule has 0 fully saturated rings. The Hall–Kier alpha value is -1.30. The number of imidazole rings is 1. The van der Waals surface area contributed by atoms with E-state index in [4.69, 9.17) is 9.47 Å². The van der Waals surface area contributed by atoms with Crippen molar-refractivity contribution >= 4 is 11.8 Å². The molecule has 0 saturated carbocycles. The molecule has 126 valence electrons. The first-order valence-electron chi connectivity index (χ1n) is 7.96. The highest BCUT2D eigenvalue weighted by Gasteiger charge is 2.17. The van der Waals surface area contributed by atoms with Gasteiger partial charge >= 0.3 is 0 Å². The largest absolute Gasteiger partial charge is 0.355 e. The fourth-order valence-electron chi connectivity index (χ4n) is 2.08. The molecule has 0 aliphatic heterocycles. The maximum atomic E-state index is 5.60. The summed E-state index contributed by atoms with van der Waals surface area (Å²) in [6, 6.07) is 10.2. The van der Waals surface area contributed by atoms with Crippen molar-refractivity contribution in [2.75, 3.05) is 19.2 Å². The molecule has 5 heteroatoms. The normalized spacial score (nSPS) is 11.7. The van der Waals surface area contributed by atoms with Gasteiger partial charge in [-0.05, 0) is 29.6 Å². The number of rotatable bonds is 11. The molecule has 23 heavy (non-hydrogen) atoms. The lowest BCUT2D eigenvalue weighted by Crippen LogP contribution is -2.16. The molecule has 1 heterocycles. The quantitative estimate of drug-likeness (QED) is 0.373. The fourth-order valence-corrected chi connectivity index (χ4v) is 3.23. The summed E-state index contributed by atoms with van der Waals surface area (Å²) in [6.07, 6.45) is 5.76. The third kappa shape index (κ3) is 7.68. The van der Waals surface area contributed by atoms with E-state index in [1.165, 1.54) is 5.56 Å². The van der Waals surface area contributed by atoms with Crippen LogP contribution in [0.5, 0.6) is 0 Å². The van der Waals surface area contributed by atoms with Crippen LogP contribution in [0.2, 0.25) is 0 Å².